The number of aryl methyl sites for hydroxylation is 1. The lowest BCUT2D eigenvalue weighted by atomic mass is 10.0. The van der Waals surface area contributed by atoms with E-state index in [0.29, 0.717) is 17.1 Å². The number of hydrogen-bond acceptors (Lipinski definition) is 3. The van der Waals surface area contributed by atoms with Crippen LogP contribution < -0.4 is 0 Å². The molecule has 6 heteroatoms. The number of hydrogen-bond donors (Lipinski definition) is 1. The maximum Gasteiger partial charge on any atom is 0.416 e. The van der Waals surface area contributed by atoms with E-state index in [0.717, 1.165) is 12.1 Å². The summed E-state index contributed by atoms with van der Waals surface area (Å²) in [7, 11) is 0. The molecule has 1 N–H and O–H groups in total. The number of alkyl halides is 3. The fraction of sp³-hybridized carbons (Fsp3) is 0.286. The van der Waals surface area contributed by atoms with Crippen LogP contribution in [0.3, 0.4) is 0 Å². The first-order valence-electron chi connectivity index (χ1n) is 6.00. The highest BCUT2D eigenvalue weighted by atomic mass is 19.4. The SMILES string of the molecule is Cc1nccc(C(O)Cc2ccc(C(F)(F)F)cc2)n1. The van der Waals surface area contributed by atoms with Crippen LogP contribution in [0.5, 0.6) is 0 Å². The predicted octanol–water partition coefficient (Wildman–Crippen LogP) is 3.08. The monoisotopic (exact) mass is 282 g/mol. The molecule has 0 amide bonds. The fourth-order valence-electron chi connectivity index (χ4n) is 1.82. The summed E-state index contributed by atoms with van der Waals surface area (Å²) in [4.78, 5) is 8.01. The average Bonchev–Trinajstić information content (AvgIpc) is 2.38. The van der Waals surface area contributed by atoms with Crippen LogP contribution in [-0.4, -0.2) is 15.1 Å². The van der Waals surface area contributed by atoms with Gasteiger partial charge < -0.3 is 5.11 Å². The zero-order chi connectivity index (χ0) is 14.8. The quantitative estimate of drug-likeness (QED) is 0.941. The lowest BCUT2D eigenvalue weighted by Crippen LogP contribution is -2.07. The Bertz CT molecular complexity index is 582. The summed E-state index contributed by atoms with van der Waals surface area (Å²) in [6, 6.07) is 6.32. The van der Waals surface area contributed by atoms with Crippen molar-refractivity contribution in [2.45, 2.75) is 25.6 Å². The molecule has 20 heavy (non-hydrogen) atoms. The third-order valence-electron chi connectivity index (χ3n) is 2.85. The molecule has 1 aromatic carbocycles. The third kappa shape index (κ3) is 3.54. The van der Waals surface area contributed by atoms with Crippen molar-refractivity contribution in [2.24, 2.45) is 0 Å². The van der Waals surface area contributed by atoms with Crippen LogP contribution in [-0.2, 0) is 12.6 Å². The van der Waals surface area contributed by atoms with E-state index in [1.165, 1.54) is 18.3 Å². The van der Waals surface area contributed by atoms with Gasteiger partial charge in [-0.05, 0) is 30.7 Å². The van der Waals surface area contributed by atoms with Crippen molar-refractivity contribution < 1.29 is 18.3 Å². The number of aliphatic hydroxyl groups excluding tert-OH is 1. The van der Waals surface area contributed by atoms with Gasteiger partial charge in [-0.1, -0.05) is 12.1 Å². The summed E-state index contributed by atoms with van der Waals surface area (Å²) in [5.74, 6) is 0.536. The van der Waals surface area contributed by atoms with Crippen molar-refractivity contribution in [1.82, 2.24) is 9.97 Å². The lowest BCUT2D eigenvalue weighted by molar-refractivity contribution is -0.137. The van der Waals surface area contributed by atoms with Gasteiger partial charge >= 0.3 is 6.18 Å². The summed E-state index contributed by atoms with van der Waals surface area (Å²) >= 11 is 0. The summed E-state index contributed by atoms with van der Waals surface area (Å²) in [6.07, 6.45) is -3.48. The summed E-state index contributed by atoms with van der Waals surface area (Å²) in [5.41, 5.74) is 0.368. The number of benzene rings is 1. The first-order valence-corrected chi connectivity index (χ1v) is 6.00. The molecule has 1 aromatic heterocycles. The van der Waals surface area contributed by atoms with Crippen molar-refractivity contribution in [3.63, 3.8) is 0 Å². The molecule has 1 heterocycles. The average molecular weight is 282 g/mol. The van der Waals surface area contributed by atoms with E-state index in [-0.39, 0.29) is 6.42 Å². The van der Waals surface area contributed by atoms with Gasteiger partial charge in [-0.2, -0.15) is 13.2 Å². The smallest absolute Gasteiger partial charge is 0.386 e. The highest BCUT2D eigenvalue weighted by Crippen LogP contribution is 2.29. The molecule has 0 fully saturated rings. The van der Waals surface area contributed by atoms with Crippen LogP contribution >= 0.6 is 0 Å². The number of nitrogens with zero attached hydrogens (tertiary/aromatic N) is 2. The number of aliphatic hydroxyl groups is 1. The molecular weight excluding hydrogens is 269 g/mol. The lowest BCUT2D eigenvalue weighted by Gasteiger charge is -2.11. The van der Waals surface area contributed by atoms with E-state index in [1.54, 1.807) is 13.0 Å². The van der Waals surface area contributed by atoms with Gasteiger partial charge in [0.1, 0.15) is 11.9 Å². The fourth-order valence-corrected chi connectivity index (χ4v) is 1.82. The van der Waals surface area contributed by atoms with E-state index in [9.17, 15) is 18.3 Å². The minimum absolute atomic E-state index is 0.203. The Morgan fingerprint density at radius 3 is 2.35 bits per heavy atom. The zero-order valence-electron chi connectivity index (χ0n) is 10.7. The molecular formula is C14H13F3N2O. The van der Waals surface area contributed by atoms with E-state index in [1.807, 2.05) is 0 Å². The Morgan fingerprint density at radius 1 is 1.15 bits per heavy atom. The van der Waals surface area contributed by atoms with Crippen LogP contribution in [0.1, 0.15) is 28.7 Å². The third-order valence-corrected chi connectivity index (χ3v) is 2.85. The maximum absolute atomic E-state index is 12.4. The van der Waals surface area contributed by atoms with Crippen LogP contribution in [0, 0.1) is 6.92 Å². The molecule has 0 aliphatic heterocycles. The van der Waals surface area contributed by atoms with Crippen molar-refractivity contribution in [3.05, 3.63) is 59.2 Å². The minimum Gasteiger partial charge on any atom is -0.386 e. The highest BCUT2D eigenvalue weighted by Gasteiger charge is 2.30. The predicted molar refractivity (Wildman–Crippen MR) is 66.9 cm³/mol. The van der Waals surface area contributed by atoms with Crippen LogP contribution in [0.15, 0.2) is 36.5 Å². The standard InChI is InChI=1S/C14H13F3N2O/c1-9-18-7-6-12(19-9)13(20)8-10-2-4-11(5-3-10)14(15,16)17/h2-7,13,20H,8H2,1H3. The first-order chi connectivity index (χ1) is 9.36. The van der Waals surface area contributed by atoms with E-state index >= 15 is 0 Å². The summed E-state index contributed by atoms with van der Waals surface area (Å²) in [6.45, 7) is 1.70. The van der Waals surface area contributed by atoms with Gasteiger partial charge in [-0.25, -0.2) is 9.97 Å². The molecule has 0 radical (unpaired) electrons. The molecule has 2 aromatic rings. The normalized spacial score (nSPS) is 13.2. The minimum atomic E-state index is -4.35. The second-order valence-corrected chi connectivity index (χ2v) is 4.44. The number of rotatable bonds is 3. The van der Waals surface area contributed by atoms with Crippen molar-refractivity contribution in [3.8, 4) is 0 Å². The van der Waals surface area contributed by atoms with E-state index in [2.05, 4.69) is 9.97 Å². The largest absolute Gasteiger partial charge is 0.416 e. The number of halogens is 3. The highest BCUT2D eigenvalue weighted by molar-refractivity contribution is 5.25. The van der Waals surface area contributed by atoms with Crippen molar-refractivity contribution in [2.75, 3.05) is 0 Å². The molecule has 0 saturated carbocycles. The maximum atomic E-state index is 12.4. The Balaban J connectivity index is 2.10. The molecule has 106 valence electrons. The van der Waals surface area contributed by atoms with Gasteiger partial charge in [-0.15, -0.1) is 0 Å². The molecule has 0 aliphatic rings. The zero-order valence-corrected chi connectivity index (χ0v) is 10.7. The summed E-state index contributed by atoms with van der Waals surface area (Å²) < 4.78 is 37.3. The van der Waals surface area contributed by atoms with Gasteiger partial charge in [0.15, 0.2) is 0 Å². The topological polar surface area (TPSA) is 46.0 Å². The molecule has 0 saturated heterocycles. The summed E-state index contributed by atoms with van der Waals surface area (Å²) in [5, 5.41) is 10.0. The van der Waals surface area contributed by atoms with E-state index in [4.69, 9.17) is 0 Å². The molecule has 3 nitrogen and oxygen atoms in total. The van der Waals surface area contributed by atoms with Crippen molar-refractivity contribution in [1.29, 1.82) is 0 Å². The van der Waals surface area contributed by atoms with Crippen molar-refractivity contribution >= 4 is 0 Å². The Kier molecular flexibility index (Phi) is 4.04. The first kappa shape index (κ1) is 14.5. The second-order valence-electron chi connectivity index (χ2n) is 4.44. The van der Waals surface area contributed by atoms with Crippen LogP contribution in [0.25, 0.3) is 0 Å². The molecule has 1 unspecified atom stereocenters. The second kappa shape index (κ2) is 5.58. The van der Waals surface area contributed by atoms with Crippen LogP contribution in [0.2, 0.25) is 0 Å². The molecule has 0 aliphatic carbocycles. The van der Waals surface area contributed by atoms with Gasteiger partial charge in [0, 0.05) is 12.6 Å². The molecule has 0 spiro atoms. The molecule has 0 bridgehead atoms. The van der Waals surface area contributed by atoms with Gasteiger partial charge in [0.2, 0.25) is 0 Å². The van der Waals surface area contributed by atoms with Gasteiger partial charge in [0.05, 0.1) is 11.3 Å². The number of aromatic nitrogens is 2. The molecule has 1 atom stereocenters. The van der Waals surface area contributed by atoms with Gasteiger partial charge in [-0.3, -0.25) is 0 Å². The van der Waals surface area contributed by atoms with Crippen LogP contribution in [0.4, 0.5) is 13.2 Å². The Hall–Kier alpha value is -1.95. The van der Waals surface area contributed by atoms with E-state index < -0.39 is 17.8 Å². The molecule has 2 rings (SSSR count). The van der Waals surface area contributed by atoms with Gasteiger partial charge in [0.25, 0.3) is 0 Å². The Morgan fingerprint density at radius 2 is 1.80 bits per heavy atom. The Labute approximate surface area is 114 Å².